The van der Waals surface area contributed by atoms with E-state index in [1.807, 2.05) is 18.2 Å². The van der Waals surface area contributed by atoms with Gasteiger partial charge in [-0.3, -0.25) is 4.79 Å². The monoisotopic (exact) mass is 244 g/mol. The highest BCUT2D eigenvalue weighted by atomic mass is 35.5. The molecule has 1 heterocycles. The molecule has 0 aliphatic carbocycles. The van der Waals surface area contributed by atoms with Crippen molar-refractivity contribution in [3.63, 3.8) is 0 Å². The lowest BCUT2D eigenvalue weighted by Gasteiger charge is -1.94. The molecule has 0 radical (unpaired) electrons. The maximum absolute atomic E-state index is 11.7. The summed E-state index contributed by atoms with van der Waals surface area (Å²) >= 11 is 5.56. The van der Waals surface area contributed by atoms with Crippen molar-refractivity contribution < 1.29 is 4.79 Å². The number of ketones is 1. The first-order valence-electron chi connectivity index (χ1n) is 5.01. The molecule has 4 heteroatoms. The summed E-state index contributed by atoms with van der Waals surface area (Å²) in [5.74, 6) is -0.0550. The van der Waals surface area contributed by atoms with Gasteiger partial charge in [0, 0.05) is 23.5 Å². The second kappa shape index (κ2) is 5.37. The standard InChI is InChI=1S/C13H9ClN2O/c14-13-15-8-10(9-16-13)6-7-12(17)11-4-2-1-3-5-11/h1-9H/b7-6+. The van der Waals surface area contributed by atoms with Crippen molar-refractivity contribution in [1.82, 2.24) is 9.97 Å². The predicted molar refractivity (Wildman–Crippen MR) is 66.8 cm³/mol. The molecule has 17 heavy (non-hydrogen) atoms. The summed E-state index contributed by atoms with van der Waals surface area (Å²) in [6.45, 7) is 0. The predicted octanol–water partition coefficient (Wildman–Crippen LogP) is 3.03. The summed E-state index contributed by atoms with van der Waals surface area (Å²) in [7, 11) is 0. The molecule has 84 valence electrons. The number of aromatic nitrogens is 2. The molecular weight excluding hydrogens is 236 g/mol. The quantitative estimate of drug-likeness (QED) is 0.474. The summed E-state index contributed by atoms with van der Waals surface area (Å²) in [6, 6.07) is 9.06. The first-order valence-corrected chi connectivity index (χ1v) is 5.38. The van der Waals surface area contributed by atoms with Crippen LogP contribution >= 0.6 is 11.6 Å². The molecule has 0 N–H and O–H groups in total. The summed E-state index contributed by atoms with van der Waals surface area (Å²) in [4.78, 5) is 19.4. The number of rotatable bonds is 3. The fourth-order valence-electron chi connectivity index (χ4n) is 1.28. The van der Waals surface area contributed by atoms with Crippen LogP contribution in [0.3, 0.4) is 0 Å². The number of hydrogen-bond donors (Lipinski definition) is 0. The van der Waals surface area contributed by atoms with Crippen LogP contribution in [0.5, 0.6) is 0 Å². The average molecular weight is 245 g/mol. The van der Waals surface area contributed by atoms with E-state index in [1.165, 1.54) is 6.08 Å². The van der Waals surface area contributed by atoms with Gasteiger partial charge in [-0.15, -0.1) is 0 Å². The smallest absolute Gasteiger partial charge is 0.222 e. The van der Waals surface area contributed by atoms with Crippen molar-refractivity contribution in [2.24, 2.45) is 0 Å². The molecule has 2 aromatic rings. The van der Waals surface area contributed by atoms with Crippen LogP contribution in [0.25, 0.3) is 6.08 Å². The third-order valence-electron chi connectivity index (χ3n) is 2.13. The molecule has 1 aromatic heterocycles. The fourth-order valence-corrected chi connectivity index (χ4v) is 1.38. The van der Waals surface area contributed by atoms with Crippen LogP contribution < -0.4 is 0 Å². The summed E-state index contributed by atoms with van der Waals surface area (Å²) in [5.41, 5.74) is 1.39. The first-order chi connectivity index (χ1) is 8.25. The normalized spacial score (nSPS) is 10.6. The van der Waals surface area contributed by atoms with Crippen molar-refractivity contribution in [3.05, 3.63) is 65.2 Å². The second-order valence-corrected chi connectivity index (χ2v) is 3.69. The molecule has 0 saturated carbocycles. The fraction of sp³-hybridized carbons (Fsp3) is 0. The first kappa shape index (κ1) is 11.5. The van der Waals surface area contributed by atoms with E-state index in [9.17, 15) is 4.79 Å². The van der Waals surface area contributed by atoms with Gasteiger partial charge in [-0.1, -0.05) is 30.3 Å². The minimum Gasteiger partial charge on any atom is -0.289 e. The lowest BCUT2D eigenvalue weighted by molar-refractivity contribution is 0.104. The summed E-state index contributed by atoms with van der Waals surface area (Å²) in [6.07, 6.45) is 6.27. The van der Waals surface area contributed by atoms with E-state index in [-0.39, 0.29) is 11.1 Å². The Bertz CT molecular complexity index is 535. The van der Waals surface area contributed by atoms with E-state index in [1.54, 1.807) is 30.6 Å². The zero-order valence-corrected chi connectivity index (χ0v) is 9.63. The van der Waals surface area contributed by atoms with Gasteiger partial charge in [0.25, 0.3) is 0 Å². The van der Waals surface area contributed by atoms with Gasteiger partial charge in [-0.2, -0.15) is 0 Å². The number of benzene rings is 1. The molecule has 0 aliphatic heterocycles. The van der Waals surface area contributed by atoms with Crippen LogP contribution in [-0.4, -0.2) is 15.8 Å². The highest BCUT2D eigenvalue weighted by Crippen LogP contribution is 2.05. The zero-order valence-electron chi connectivity index (χ0n) is 8.88. The topological polar surface area (TPSA) is 42.9 Å². The van der Waals surface area contributed by atoms with Gasteiger partial charge in [0.2, 0.25) is 5.28 Å². The Morgan fingerprint density at radius 2 is 1.76 bits per heavy atom. The minimum absolute atomic E-state index is 0.0550. The van der Waals surface area contributed by atoms with Gasteiger partial charge in [0.15, 0.2) is 5.78 Å². The Kier molecular flexibility index (Phi) is 3.62. The molecule has 0 atom stereocenters. The molecule has 3 nitrogen and oxygen atoms in total. The van der Waals surface area contributed by atoms with Gasteiger partial charge in [-0.25, -0.2) is 9.97 Å². The van der Waals surface area contributed by atoms with Crippen LogP contribution in [0.4, 0.5) is 0 Å². The van der Waals surface area contributed by atoms with Crippen LogP contribution in [-0.2, 0) is 0 Å². The Balaban J connectivity index is 2.11. The van der Waals surface area contributed by atoms with Gasteiger partial charge in [-0.05, 0) is 23.8 Å². The summed E-state index contributed by atoms with van der Waals surface area (Å²) in [5, 5.41) is 0.191. The molecule has 0 amide bonds. The van der Waals surface area contributed by atoms with E-state index >= 15 is 0 Å². The van der Waals surface area contributed by atoms with Crippen LogP contribution in [0.1, 0.15) is 15.9 Å². The number of carbonyl (C=O) groups is 1. The van der Waals surface area contributed by atoms with Gasteiger partial charge < -0.3 is 0 Å². The van der Waals surface area contributed by atoms with Crippen molar-refractivity contribution in [2.45, 2.75) is 0 Å². The van der Waals surface area contributed by atoms with Crippen molar-refractivity contribution >= 4 is 23.5 Å². The Hall–Kier alpha value is -2.00. The Morgan fingerprint density at radius 1 is 1.12 bits per heavy atom. The van der Waals surface area contributed by atoms with Crippen LogP contribution in [0.2, 0.25) is 5.28 Å². The molecule has 0 spiro atoms. The Labute approximate surface area is 104 Å². The molecule has 0 aliphatic rings. The SMILES string of the molecule is O=C(/C=C/c1cnc(Cl)nc1)c1ccccc1. The number of halogens is 1. The van der Waals surface area contributed by atoms with Crippen LogP contribution in [0.15, 0.2) is 48.8 Å². The van der Waals surface area contributed by atoms with Crippen LogP contribution in [0, 0.1) is 0 Å². The van der Waals surface area contributed by atoms with E-state index in [4.69, 9.17) is 11.6 Å². The second-order valence-electron chi connectivity index (χ2n) is 3.35. The maximum Gasteiger partial charge on any atom is 0.222 e. The minimum atomic E-state index is -0.0550. The lowest BCUT2D eigenvalue weighted by atomic mass is 10.1. The maximum atomic E-state index is 11.7. The van der Waals surface area contributed by atoms with Crippen molar-refractivity contribution in [2.75, 3.05) is 0 Å². The molecule has 1 aromatic carbocycles. The molecule has 2 rings (SSSR count). The van der Waals surface area contributed by atoms with E-state index in [0.29, 0.717) is 5.56 Å². The van der Waals surface area contributed by atoms with E-state index in [0.717, 1.165) is 5.56 Å². The number of nitrogens with zero attached hydrogens (tertiary/aromatic N) is 2. The highest BCUT2D eigenvalue weighted by molar-refractivity contribution is 6.28. The average Bonchev–Trinajstić information content (AvgIpc) is 2.39. The number of carbonyl (C=O) groups excluding carboxylic acids is 1. The third-order valence-corrected chi connectivity index (χ3v) is 2.32. The van der Waals surface area contributed by atoms with Crippen molar-refractivity contribution in [1.29, 1.82) is 0 Å². The van der Waals surface area contributed by atoms with Gasteiger partial charge in [0.05, 0.1) is 0 Å². The molecule has 0 saturated heterocycles. The largest absolute Gasteiger partial charge is 0.289 e. The molecule has 0 fully saturated rings. The number of allylic oxidation sites excluding steroid dienone is 1. The van der Waals surface area contributed by atoms with Crippen molar-refractivity contribution in [3.8, 4) is 0 Å². The molecule has 0 bridgehead atoms. The lowest BCUT2D eigenvalue weighted by Crippen LogP contribution is -1.93. The highest BCUT2D eigenvalue weighted by Gasteiger charge is 1.99. The third kappa shape index (κ3) is 3.23. The van der Waals surface area contributed by atoms with E-state index in [2.05, 4.69) is 9.97 Å². The van der Waals surface area contributed by atoms with Gasteiger partial charge >= 0.3 is 0 Å². The zero-order chi connectivity index (χ0) is 12.1. The molecular formula is C13H9ClN2O. The summed E-state index contributed by atoms with van der Waals surface area (Å²) < 4.78 is 0. The van der Waals surface area contributed by atoms with Gasteiger partial charge in [0.1, 0.15) is 0 Å². The van der Waals surface area contributed by atoms with E-state index < -0.39 is 0 Å². The number of hydrogen-bond acceptors (Lipinski definition) is 3. The Morgan fingerprint density at radius 3 is 2.41 bits per heavy atom. The molecule has 0 unspecified atom stereocenters.